The lowest BCUT2D eigenvalue weighted by atomic mass is 10.1. The van der Waals surface area contributed by atoms with Gasteiger partial charge in [-0.1, -0.05) is 12.8 Å². The summed E-state index contributed by atoms with van der Waals surface area (Å²) >= 11 is 0. The summed E-state index contributed by atoms with van der Waals surface area (Å²) in [6.07, 6.45) is 6.16. The van der Waals surface area contributed by atoms with Crippen LogP contribution in [-0.2, 0) is 14.8 Å². The van der Waals surface area contributed by atoms with Crippen LogP contribution in [0, 0.1) is 0 Å². The molecule has 8 nitrogen and oxygen atoms in total. The van der Waals surface area contributed by atoms with Gasteiger partial charge in [0.15, 0.2) is 0 Å². The Morgan fingerprint density at radius 2 is 1.59 bits per heavy atom. The zero-order chi connectivity index (χ0) is 24.1. The molecule has 0 atom stereocenters. The standard InChI is InChI=1S/C25H31N3O5S/c1-33-23-14-13-21(34(31,32)27-15-5-2-3-6-16-27)18-22(23)26-25(30)19-9-11-20(12-10-19)28-17-7-4-8-24(28)29/h9-14,18H,2-8,15-17H2,1H3,(H,26,30). The van der Waals surface area contributed by atoms with E-state index in [1.54, 1.807) is 35.2 Å². The molecule has 0 radical (unpaired) electrons. The number of hydrogen-bond acceptors (Lipinski definition) is 5. The lowest BCUT2D eigenvalue weighted by Gasteiger charge is -2.26. The van der Waals surface area contributed by atoms with Gasteiger partial charge in [-0.3, -0.25) is 9.59 Å². The fourth-order valence-electron chi connectivity index (χ4n) is 4.44. The molecule has 0 unspecified atom stereocenters. The van der Waals surface area contributed by atoms with Crippen molar-refractivity contribution in [2.45, 2.75) is 49.8 Å². The number of hydrogen-bond donors (Lipinski definition) is 1. The van der Waals surface area contributed by atoms with Crippen LogP contribution < -0.4 is 15.0 Å². The molecular weight excluding hydrogens is 454 g/mol. The SMILES string of the molecule is COc1ccc(S(=O)(=O)N2CCCCCC2)cc1NC(=O)c1ccc(N2CCCCC2=O)cc1. The molecule has 1 N–H and O–H groups in total. The summed E-state index contributed by atoms with van der Waals surface area (Å²) in [6, 6.07) is 11.4. The molecule has 2 heterocycles. The molecule has 0 aromatic heterocycles. The highest BCUT2D eigenvalue weighted by Gasteiger charge is 2.26. The van der Waals surface area contributed by atoms with Gasteiger partial charge in [0.05, 0.1) is 17.7 Å². The van der Waals surface area contributed by atoms with Gasteiger partial charge in [-0.05, 0) is 68.1 Å². The predicted octanol–water partition coefficient (Wildman–Crippen LogP) is 4.03. The quantitative estimate of drug-likeness (QED) is 0.667. The van der Waals surface area contributed by atoms with Crippen molar-refractivity contribution in [1.29, 1.82) is 0 Å². The molecular formula is C25H31N3O5S. The number of ether oxygens (including phenoxy) is 1. The fraction of sp³-hybridized carbons (Fsp3) is 0.440. The average molecular weight is 486 g/mol. The van der Waals surface area contributed by atoms with Crippen LogP contribution in [0.15, 0.2) is 47.4 Å². The summed E-state index contributed by atoms with van der Waals surface area (Å²) in [5.74, 6) is 0.0773. The van der Waals surface area contributed by atoms with E-state index in [1.165, 1.54) is 23.5 Å². The van der Waals surface area contributed by atoms with Gasteiger partial charge in [-0.25, -0.2) is 8.42 Å². The second kappa shape index (κ2) is 10.6. The van der Waals surface area contributed by atoms with Crippen molar-refractivity contribution in [3.8, 4) is 5.75 Å². The number of rotatable bonds is 6. The van der Waals surface area contributed by atoms with Crippen molar-refractivity contribution in [3.63, 3.8) is 0 Å². The largest absolute Gasteiger partial charge is 0.495 e. The number of nitrogens with one attached hydrogen (secondary N) is 1. The monoisotopic (exact) mass is 485 g/mol. The van der Waals surface area contributed by atoms with Gasteiger partial charge in [-0.15, -0.1) is 0 Å². The topological polar surface area (TPSA) is 96.0 Å². The van der Waals surface area contributed by atoms with E-state index in [1.807, 2.05) is 0 Å². The van der Waals surface area contributed by atoms with Gasteiger partial charge >= 0.3 is 0 Å². The Labute approximate surface area is 200 Å². The van der Waals surface area contributed by atoms with Crippen LogP contribution in [0.3, 0.4) is 0 Å². The van der Waals surface area contributed by atoms with Gasteiger partial charge in [0.2, 0.25) is 15.9 Å². The Morgan fingerprint density at radius 3 is 2.24 bits per heavy atom. The van der Waals surface area contributed by atoms with Gasteiger partial charge in [0, 0.05) is 37.3 Å². The molecule has 0 aliphatic carbocycles. The summed E-state index contributed by atoms with van der Waals surface area (Å²) in [5.41, 5.74) is 1.46. The molecule has 0 saturated carbocycles. The van der Waals surface area contributed by atoms with Crippen molar-refractivity contribution in [1.82, 2.24) is 4.31 Å². The van der Waals surface area contributed by atoms with E-state index >= 15 is 0 Å². The van der Waals surface area contributed by atoms with Crippen LogP contribution in [0.5, 0.6) is 5.75 Å². The van der Waals surface area contributed by atoms with Gasteiger partial charge in [-0.2, -0.15) is 4.31 Å². The maximum atomic E-state index is 13.2. The molecule has 2 amide bonds. The van der Waals surface area contributed by atoms with Crippen LogP contribution in [0.4, 0.5) is 11.4 Å². The van der Waals surface area contributed by atoms with Crippen molar-refractivity contribution >= 4 is 33.2 Å². The summed E-state index contributed by atoms with van der Waals surface area (Å²) in [7, 11) is -2.20. The number of sulfonamides is 1. The second-order valence-electron chi connectivity index (χ2n) is 8.68. The molecule has 34 heavy (non-hydrogen) atoms. The number of nitrogens with zero attached hydrogens (tertiary/aromatic N) is 2. The highest BCUT2D eigenvalue weighted by molar-refractivity contribution is 7.89. The Kier molecular flexibility index (Phi) is 7.53. The van der Waals surface area contributed by atoms with Crippen LogP contribution in [0.25, 0.3) is 0 Å². The van der Waals surface area contributed by atoms with E-state index in [-0.39, 0.29) is 16.7 Å². The summed E-state index contributed by atoms with van der Waals surface area (Å²) < 4.78 is 33.3. The maximum Gasteiger partial charge on any atom is 0.255 e. The summed E-state index contributed by atoms with van der Waals surface area (Å²) in [5, 5.41) is 2.79. The minimum absolute atomic E-state index is 0.0932. The maximum absolute atomic E-state index is 13.2. The Bertz CT molecular complexity index is 1140. The van der Waals surface area contributed by atoms with Crippen LogP contribution in [0.1, 0.15) is 55.3 Å². The zero-order valence-corrected chi connectivity index (χ0v) is 20.3. The fourth-order valence-corrected chi connectivity index (χ4v) is 5.99. The molecule has 2 aromatic carbocycles. The zero-order valence-electron chi connectivity index (χ0n) is 19.5. The Morgan fingerprint density at radius 1 is 0.912 bits per heavy atom. The third-order valence-electron chi connectivity index (χ3n) is 6.39. The number of benzene rings is 2. The third kappa shape index (κ3) is 5.26. The van der Waals surface area contributed by atoms with E-state index in [0.717, 1.165) is 44.2 Å². The van der Waals surface area contributed by atoms with Crippen LogP contribution in [-0.4, -0.2) is 51.3 Å². The van der Waals surface area contributed by atoms with E-state index in [9.17, 15) is 18.0 Å². The Hall–Kier alpha value is -2.91. The molecule has 0 bridgehead atoms. The lowest BCUT2D eigenvalue weighted by molar-refractivity contribution is -0.119. The molecule has 4 rings (SSSR count). The smallest absolute Gasteiger partial charge is 0.255 e. The summed E-state index contributed by atoms with van der Waals surface area (Å²) in [4.78, 5) is 27.0. The van der Waals surface area contributed by atoms with E-state index in [4.69, 9.17) is 4.74 Å². The molecule has 0 spiro atoms. The Balaban J connectivity index is 1.53. The van der Waals surface area contributed by atoms with Crippen LogP contribution in [0.2, 0.25) is 0 Å². The molecule has 2 aliphatic rings. The molecule has 2 saturated heterocycles. The normalized spacial score (nSPS) is 17.8. The number of carbonyl (C=O) groups excluding carboxylic acids is 2. The predicted molar refractivity (Wildman–Crippen MR) is 131 cm³/mol. The molecule has 2 aromatic rings. The highest BCUT2D eigenvalue weighted by atomic mass is 32.2. The van der Waals surface area contributed by atoms with E-state index < -0.39 is 10.0 Å². The number of amides is 2. The number of methoxy groups -OCH3 is 1. The first kappa shape index (κ1) is 24.2. The average Bonchev–Trinajstić information content (AvgIpc) is 3.15. The number of piperidine rings is 1. The number of carbonyl (C=O) groups is 2. The van der Waals surface area contributed by atoms with Crippen molar-refractivity contribution < 1.29 is 22.7 Å². The van der Waals surface area contributed by atoms with E-state index in [0.29, 0.717) is 43.1 Å². The molecule has 9 heteroatoms. The van der Waals surface area contributed by atoms with Gasteiger partial charge in [0.25, 0.3) is 5.91 Å². The van der Waals surface area contributed by atoms with Gasteiger partial charge in [0.1, 0.15) is 5.75 Å². The second-order valence-corrected chi connectivity index (χ2v) is 10.6. The molecule has 182 valence electrons. The molecule has 2 aliphatic heterocycles. The van der Waals surface area contributed by atoms with Crippen molar-refractivity contribution in [2.75, 3.05) is 37.0 Å². The minimum Gasteiger partial charge on any atom is -0.495 e. The van der Waals surface area contributed by atoms with Crippen LogP contribution >= 0.6 is 0 Å². The first-order chi connectivity index (χ1) is 16.4. The van der Waals surface area contributed by atoms with Crippen molar-refractivity contribution in [2.24, 2.45) is 0 Å². The lowest BCUT2D eigenvalue weighted by Crippen LogP contribution is -2.35. The van der Waals surface area contributed by atoms with Gasteiger partial charge < -0.3 is 15.0 Å². The summed E-state index contributed by atoms with van der Waals surface area (Å²) in [6.45, 7) is 1.68. The first-order valence-electron chi connectivity index (χ1n) is 11.8. The first-order valence-corrected chi connectivity index (χ1v) is 13.2. The minimum atomic E-state index is -3.67. The number of anilines is 2. The third-order valence-corrected chi connectivity index (χ3v) is 8.28. The van der Waals surface area contributed by atoms with E-state index in [2.05, 4.69) is 5.32 Å². The molecule has 2 fully saturated rings. The highest BCUT2D eigenvalue weighted by Crippen LogP contribution is 2.30. The van der Waals surface area contributed by atoms with Crippen molar-refractivity contribution in [3.05, 3.63) is 48.0 Å².